The van der Waals surface area contributed by atoms with Crippen LogP contribution in [-0.4, -0.2) is 66.5 Å². The van der Waals surface area contributed by atoms with E-state index in [9.17, 15) is 20.1 Å². The van der Waals surface area contributed by atoms with E-state index in [1.807, 2.05) is 22.8 Å². The molecule has 2 fully saturated rings. The normalized spacial score (nSPS) is 29.0. The Bertz CT molecular complexity index is 1010. The monoisotopic (exact) mass is 454 g/mol. The van der Waals surface area contributed by atoms with Gasteiger partial charge >= 0.3 is 0 Å². The molecule has 30 heavy (non-hydrogen) atoms. The largest absolute Gasteiger partial charge is 0.394 e. The third-order valence-electron chi connectivity index (χ3n) is 5.37. The highest BCUT2D eigenvalue weighted by Crippen LogP contribution is 2.41. The highest BCUT2D eigenvalue weighted by Gasteiger charge is 2.47. The minimum atomic E-state index is -1.39. The minimum Gasteiger partial charge on any atom is -0.394 e. The zero-order valence-corrected chi connectivity index (χ0v) is 17.8. The second kappa shape index (κ2) is 8.37. The Morgan fingerprint density at radius 1 is 1.33 bits per heavy atom. The topological polar surface area (TPSA) is 122 Å². The fourth-order valence-corrected chi connectivity index (χ4v) is 4.35. The van der Waals surface area contributed by atoms with Crippen LogP contribution in [0.25, 0.3) is 11.4 Å². The number of hydrogen-bond acceptors (Lipinski definition) is 7. The summed E-state index contributed by atoms with van der Waals surface area (Å²) in [6.07, 6.45) is -2.98. The van der Waals surface area contributed by atoms with Gasteiger partial charge in [0.25, 0.3) is 0 Å². The van der Waals surface area contributed by atoms with Crippen LogP contribution in [0.3, 0.4) is 0 Å². The van der Waals surface area contributed by atoms with Crippen molar-refractivity contribution in [1.82, 2.24) is 19.7 Å². The summed E-state index contributed by atoms with van der Waals surface area (Å²) >= 11 is 12.1. The minimum absolute atomic E-state index is 0.171. The van der Waals surface area contributed by atoms with Crippen LogP contribution in [0, 0.1) is 4.77 Å². The number of aliphatic hydroxyl groups is 3. The van der Waals surface area contributed by atoms with E-state index in [4.69, 9.17) is 28.6 Å². The molecule has 1 aliphatic carbocycles. The van der Waals surface area contributed by atoms with Crippen LogP contribution in [0.4, 0.5) is 0 Å². The third-order valence-corrected chi connectivity index (χ3v) is 6.08. The molecule has 4 N–H and O–H groups in total. The predicted octanol–water partition coefficient (Wildman–Crippen LogP) is 1.19. The Balaban J connectivity index is 1.84. The first-order valence-corrected chi connectivity index (χ1v) is 10.5. The van der Waals surface area contributed by atoms with Crippen LogP contribution < -0.4 is 5.32 Å². The molecule has 0 radical (unpaired) electrons. The molecule has 1 saturated carbocycles. The maximum absolute atomic E-state index is 11.7. The number of benzene rings is 1. The highest BCUT2D eigenvalue weighted by atomic mass is 35.5. The molecular formula is C19H23ClN4O5S. The zero-order valence-electron chi connectivity index (χ0n) is 16.2. The van der Waals surface area contributed by atoms with Gasteiger partial charge in [-0.15, -0.1) is 5.10 Å². The molecule has 11 heteroatoms. The molecule has 2 aromatic rings. The van der Waals surface area contributed by atoms with Gasteiger partial charge in [-0.05, 0) is 37.2 Å². The molecule has 0 bridgehead atoms. The summed E-state index contributed by atoms with van der Waals surface area (Å²) in [4.78, 5) is 11.7. The molecular weight excluding hydrogens is 432 g/mol. The maximum atomic E-state index is 11.7. The van der Waals surface area contributed by atoms with Crippen molar-refractivity contribution >= 4 is 29.7 Å². The molecule has 1 amide bonds. The Morgan fingerprint density at radius 2 is 2.03 bits per heavy atom. The summed E-state index contributed by atoms with van der Waals surface area (Å²) in [7, 11) is 0. The summed E-state index contributed by atoms with van der Waals surface area (Å²) in [6.45, 7) is 0.779. The van der Waals surface area contributed by atoms with Gasteiger partial charge in [-0.25, -0.2) is 4.68 Å². The van der Waals surface area contributed by atoms with Gasteiger partial charge in [-0.1, -0.05) is 23.7 Å². The van der Waals surface area contributed by atoms with E-state index in [2.05, 4.69) is 10.4 Å². The van der Waals surface area contributed by atoms with Crippen molar-refractivity contribution in [1.29, 1.82) is 0 Å². The fourth-order valence-electron chi connectivity index (χ4n) is 3.75. The van der Waals surface area contributed by atoms with Gasteiger partial charge in [-0.3, -0.25) is 9.36 Å². The Kier molecular flexibility index (Phi) is 5.97. The maximum Gasteiger partial charge on any atom is 0.217 e. The van der Waals surface area contributed by atoms with Gasteiger partial charge in [0.05, 0.1) is 11.6 Å². The third kappa shape index (κ3) is 3.79. The van der Waals surface area contributed by atoms with E-state index >= 15 is 0 Å². The second-order valence-corrected chi connectivity index (χ2v) is 8.36. The molecule has 5 unspecified atom stereocenters. The van der Waals surface area contributed by atoms with E-state index in [1.54, 1.807) is 6.07 Å². The van der Waals surface area contributed by atoms with E-state index in [0.29, 0.717) is 21.2 Å². The van der Waals surface area contributed by atoms with Crippen molar-refractivity contribution in [3.05, 3.63) is 34.1 Å². The number of rotatable bonds is 5. The van der Waals surface area contributed by atoms with Crippen molar-refractivity contribution < 1.29 is 24.9 Å². The van der Waals surface area contributed by atoms with Crippen LogP contribution >= 0.6 is 23.8 Å². The van der Waals surface area contributed by atoms with Crippen LogP contribution in [0.1, 0.15) is 32.0 Å². The number of amides is 1. The van der Waals surface area contributed by atoms with Crippen LogP contribution in [0.5, 0.6) is 0 Å². The zero-order chi connectivity index (χ0) is 21.6. The SMILES string of the molecule is CC(=O)NC1C(O)C(O)C(CO)OC1n1nc(-c2ccccc2Cl)n(C2CC2)c1=S. The first-order chi connectivity index (χ1) is 14.3. The van der Waals surface area contributed by atoms with Gasteiger partial charge in [-0.2, -0.15) is 0 Å². The number of nitrogens with zero attached hydrogens (tertiary/aromatic N) is 3. The molecule has 2 aliphatic rings. The van der Waals surface area contributed by atoms with E-state index in [-0.39, 0.29) is 6.04 Å². The first-order valence-electron chi connectivity index (χ1n) is 9.69. The fraction of sp³-hybridized carbons (Fsp3) is 0.526. The van der Waals surface area contributed by atoms with Gasteiger partial charge in [0, 0.05) is 18.5 Å². The average Bonchev–Trinajstić information content (AvgIpc) is 3.49. The van der Waals surface area contributed by atoms with Crippen LogP contribution in [-0.2, 0) is 9.53 Å². The summed E-state index contributed by atoms with van der Waals surface area (Å²) in [5, 5.41) is 38.2. The van der Waals surface area contributed by atoms with E-state index in [1.165, 1.54) is 11.6 Å². The number of halogens is 1. The summed E-state index contributed by atoms with van der Waals surface area (Å²) in [6, 6.07) is 6.41. The van der Waals surface area contributed by atoms with Crippen molar-refractivity contribution in [3.63, 3.8) is 0 Å². The van der Waals surface area contributed by atoms with Gasteiger partial charge < -0.3 is 25.4 Å². The molecule has 9 nitrogen and oxygen atoms in total. The lowest BCUT2D eigenvalue weighted by atomic mass is 9.96. The number of hydrogen-bond donors (Lipinski definition) is 4. The lowest BCUT2D eigenvalue weighted by Gasteiger charge is -2.42. The Labute approximate surface area is 182 Å². The quantitative estimate of drug-likeness (QED) is 0.500. The molecule has 2 heterocycles. The Hall–Kier alpha value is -1.82. The van der Waals surface area contributed by atoms with Crippen molar-refractivity contribution in [2.75, 3.05) is 6.61 Å². The smallest absolute Gasteiger partial charge is 0.217 e. The Morgan fingerprint density at radius 3 is 2.63 bits per heavy atom. The molecule has 1 aromatic carbocycles. The summed E-state index contributed by atoms with van der Waals surface area (Å²) < 4.78 is 9.49. The average molecular weight is 455 g/mol. The van der Waals surface area contributed by atoms with E-state index < -0.39 is 43.1 Å². The van der Waals surface area contributed by atoms with Crippen molar-refractivity contribution in [2.24, 2.45) is 0 Å². The van der Waals surface area contributed by atoms with Crippen molar-refractivity contribution in [2.45, 2.75) is 56.4 Å². The van der Waals surface area contributed by atoms with E-state index in [0.717, 1.165) is 12.8 Å². The molecule has 5 atom stereocenters. The number of aromatic nitrogens is 3. The standard InChI is InChI=1S/C19H23ClN4O5S/c1-9(26)21-14-16(28)15(27)13(8-25)29-18(14)24-19(30)23(10-6-7-10)17(22-24)11-4-2-3-5-12(11)20/h2-5,10,13-16,18,25,27-28H,6-8H2,1H3,(H,21,26). The predicted molar refractivity (Wildman–Crippen MR) is 110 cm³/mol. The number of nitrogens with one attached hydrogen (secondary N) is 1. The van der Waals surface area contributed by atoms with Gasteiger partial charge in [0.15, 0.2) is 12.1 Å². The summed E-state index contributed by atoms with van der Waals surface area (Å²) in [5.41, 5.74) is 0.696. The summed E-state index contributed by atoms with van der Waals surface area (Å²) in [5.74, 6) is 0.140. The van der Waals surface area contributed by atoms with Crippen LogP contribution in [0.15, 0.2) is 24.3 Å². The van der Waals surface area contributed by atoms with Crippen molar-refractivity contribution in [3.8, 4) is 11.4 Å². The van der Waals surface area contributed by atoms with Gasteiger partial charge in [0.1, 0.15) is 24.4 Å². The lowest BCUT2D eigenvalue weighted by Crippen LogP contribution is -2.62. The molecule has 1 aromatic heterocycles. The number of ether oxygens (including phenoxy) is 1. The molecule has 1 aliphatic heterocycles. The lowest BCUT2D eigenvalue weighted by molar-refractivity contribution is -0.219. The highest BCUT2D eigenvalue weighted by molar-refractivity contribution is 7.71. The van der Waals surface area contributed by atoms with Gasteiger partial charge in [0.2, 0.25) is 10.7 Å². The second-order valence-electron chi connectivity index (χ2n) is 7.59. The molecule has 162 valence electrons. The van der Waals surface area contributed by atoms with Crippen LogP contribution in [0.2, 0.25) is 5.02 Å². The molecule has 0 spiro atoms. The number of carbonyl (C=O) groups excluding carboxylic acids is 1. The molecule has 1 saturated heterocycles. The number of carbonyl (C=O) groups is 1. The number of aliphatic hydroxyl groups excluding tert-OH is 3. The first kappa shape index (κ1) is 21.4. The molecule has 4 rings (SSSR count).